The third kappa shape index (κ3) is 3.70. The molecule has 0 bridgehead atoms. The molecule has 1 amide bonds. The molecule has 3 heteroatoms. The van der Waals surface area contributed by atoms with Gasteiger partial charge in [-0.3, -0.25) is 4.79 Å². The number of carbonyl (C=O) groups is 1. The maximum absolute atomic E-state index is 11.9. The molecule has 2 nitrogen and oxygen atoms in total. The van der Waals surface area contributed by atoms with Gasteiger partial charge in [0.1, 0.15) is 0 Å². The molecular weight excluding hydrogens is 278 g/mol. The van der Waals surface area contributed by atoms with Crippen molar-refractivity contribution in [3.05, 3.63) is 46.5 Å². The van der Waals surface area contributed by atoms with E-state index in [1.807, 2.05) is 24.3 Å². The minimum atomic E-state index is 0.159. The minimum Gasteiger partial charge on any atom is -0.352 e. The fourth-order valence-corrected chi connectivity index (χ4v) is 2.46. The summed E-state index contributed by atoms with van der Waals surface area (Å²) < 4.78 is 1.05. The number of hydrogen-bond acceptors (Lipinski definition) is 1. The first kappa shape index (κ1) is 12.4. The lowest BCUT2D eigenvalue weighted by atomic mass is 9.93. The van der Waals surface area contributed by atoms with Crippen molar-refractivity contribution < 1.29 is 4.79 Å². The van der Waals surface area contributed by atoms with Crippen LogP contribution in [0.3, 0.4) is 0 Å². The molecule has 1 aliphatic carbocycles. The van der Waals surface area contributed by atoms with E-state index in [4.69, 9.17) is 0 Å². The molecule has 17 heavy (non-hydrogen) atoms. The van der Waals surface area contributed by atoms with E-state index in [0.29, 0.717) is 6.54 Å². The van der Waals surface area contributed by atoms with Crippen LogP contribution >= 0.6 is 15.9 Å². The summed E-state index contributed by atoms with van der Waals surface area (Å²) in [6, 6.07) is 8.01. The maximum atomic E-state index is 11.9. The summed E-state index contributed by atoms with van der Waals surface area (Å²) in [6.45, 7) is 0.610. The summed E-state index contributed by atoms with van der Waals surface area (Å²) in [4.78, 5) is 11.9. The molecule has 0 aliphatic heterocycles. The van der Waals surface area contributed by atoms with Gasteiger partial charge in [0.25, 0.3) is 0 Å². The lowest BCUT2D eigenvalue weighted by molar-refractivity contribution is -0.125. The number of allylic oxidation sites excluding steroid dienone is 2. The molecular formula is C14H16BrNO. The Morgan fingerprint density at radius 3 is 3.00 bits per heavy atom. The van der Waals surface area contributed by atoms with Crippen molar-refractivity contribution in [2.45, 2.75) is 25.8 Å². The second-order valence-corrected chi connectivity index (χ2v) is 5.24. The fourth-order valence-electron chi connectivity index (χ4n) is 2.01. The molecule has 0 aromatic heterocycles. The quantitative estimate of drug-likeness (QED) is 0.850. The Morgan fingerprint density at radius 2 is 2.29 bits per heavy atom. The van der Waals surface area contributed by atoms with Crippen LogP contribution in [-0.2, 0) is 11.3 Å². The second kappa shape index (κ2) is 6.01. The molecule has 0 spiro atoms. The number of hydrogen-bond donors (Lipinski definition) is 1. The summed E-state index contributed by atoms with van der Waals surface area (Å²) in [6.07, 6.45) is 7.13. The first-order valence-corrected chi connectivity index (χ1v) is 6.72. The monoisotopic (exact) mass is 293 g/mol. The molecule has 0 radical (unpaired) electrons. The van der Waals surface area contributed by atoms with E-state index in [1.54, 1.807) is 0 Å². The summed E-state index contributed by atoms with van der Waals surface area (Å²) in [5.41, 5.74) is 1.12. The normalized spacial score (nSPS) is 19.0. The standard InChI is InChI=1S/C14H16BrNO/c15-13-8-4-5-11(9-13)10-16-14(17)12-6-2-1-3-7-12/h1-2,4-5,8-9,12H,3,6-7,10H2,(H,16,17). The van der Waals surface area contributed by atoms with E-state index < -0.39 is 0 Å². The Bertz CT molecular complexity index is 428. The van der Waals surface area contributed by atoms with Gasteiger partial charge in [-0.2, -0.15) is 0 Å². The lowest BCUT2D eigenvalue weighted by Crippen LogP contribution is -2.30. The van der Waals surface area contributed by atoms with E-state index in [2.05, 4.69) is 33.4 Å². The highest BCUT2D eigenvalue weighted by atomic mass is 79.9. The second-order valence-electron chi connectivity index (χ2n) is 4.33. The van der Waals surface area contributed by atoms with Gasteiger partial charge < -0.3 is 5.32 Å². The number of halogens is 1. The Hall–Kier alpha value is -1.09. The van der Waals surface area contributed by atoms with Crippen molar-refractivity contribution in [2.75, 3.05) is 0 Å². The Kier molecular flexibility index (Phi) is 4.37. The van der Waals surface area contributed by atoms with Crippen LogP contribution in [0.5, 0.6) is 0 Å². The summed E-state index contributed by atoms with van der Waals surface area (Å²) >= 11 is 3.42. The van der Waals surface area contributed by atoms with Gasteiger partial charge in [0.2, 0.25) is 5.91 Å². The molecule has 90 valence electrons. The summed E-state index contributed by atoms with van der Waals surface area (Å²) in [5.74, 6) is 0.335. The third-order valence-electron chi connectivity index (χ3n) is 3.00. The van der Waals surface area contributed by atoms with Gasteiger partial charge in [0.05, 0.1) is 0 Å². The average molecular weight is 294 g/mol. The molecule has 0 saturated carbocycles. The number of amides is 1. The molecule has 1 aliphatic rings. The SMILES string of the molecule is O=C(NCc1cccc(Br)c1)C1CC=CCC1. The van der Waals surface area contributed by atoms with Gasteiger partial charge >= 0.3 is 0 Å². The number of rotatable bonds is 3. The Labute approximate surface area is 110 Å². The number of benzene rings is 1. The highest BCUT2D eigenvalue weighted by Gasteiger charge is 2.17. The van der Waals surface area contributed by atoms with E-state index >= 15 is 0 Å². The molecule has 1 atom stereocenters. The largest absolute Gasteiger partial charge is 0.352 e. The zero-order valence-electron chi connectivity index (χ0n) is 9.66. The predicted octanol–water partition coefficient (Wildman–Crippen LogP) is 3.42. The molecule has 1 unspecified atom stereocenters. The fraction of sp³-hybridized carbons (Fsp3) is 0.357. The molecule has 1 aromatic rings. The lowest BCUT2D eigenvalue weighted by Gasteiger charge is -2.17. The molecule has 1 aromatic carbocycles. The van der Waals surface area contributed by atoms with E-state index in [0.717, 1.165) is 29.3 Å². The molecule has 1 N–H and O–H groups in total. The molecule has 0 saturated heterocycles. The van der Waals surface area contributed by atoms with Gasteiger partial charge in [0.15, 0.2) is 0 Å². The van der Waals surface area contributed by atoms with Crippen LogP contribution in [0.1, 0.15) is 24.8 Å². The van der Waals surface area contributed by atoms with Gasteiger partial charge in [0, 0.05) is 16.9 Å². The van der Waals surface area contributed by atoms with E-state index in [1.165, 1.54) is 0 Å². The molecule has 0 heterocycles. The van der Waals surface area contributed by atoms with Crippen LogP contribution < -0.4 is 5.32 Å². The van der Waals surface area contributed by atoms with Gasteiger partial charge in [-0.05, 0) is 37.0 Å². The van der Waals surface area contributed by atoms with E-state index in [9.17, 15) is 4.79 Å². The Balaban J connectivity index is 1.85. The zero-order valence-corrected chi connectivity index (χ0v) is 11.2. The van der Waals surface area contributed by atoms with Crippen LogP contribution in [0.15, 0.2) is 40.9 Å². The van der Waals surface area contributed by atoms with Crippen LogP contribution in [0.4, 0.5) is 0 Å². The van der Waals surface area contributed by atoms with Crippen molar-refractivity contribution in [1.29, 1.82) is 0 Å². The summed E-state index contributed by atoms with van der Waals surface area (Å²) in [5, 5.41) is 3.00. The number of carbonyl (C=O) groups excluding carboxylic acids is 1. The van der Waals surface area contributed by atoms with Crippen molar-refractivity contribution in [1.82, 2.24) is 5.32 Å². The van der Waals surface area contributed by atoms with Gasteiger partial charge in [-0.25, -0.2) is 0 Å². The van der Waals surface area contributed by atoms with Crippen molar-refractivity contribution in [3.63, 3.8) is 0 Å². The highest BCUT2D eigenvalue weighted by molar-refractivity contribution is 9.10. The van der Waals surface area contributed by atoms with Crippen LogP contribution in [0.2, 0.25) is 0 Å². The van der Waals surface area contributed by atoms with Crippen LogP contribution in [-0.4, -0.2) is 5.91 Å². The highest BCUT2D eigenvalue weighted by Crippen LogP contribution is 2.18. The Morgan fingerprint density at radius 1 is 1.41 bits per heavy atom. The topological polar surface area (TPSA) is 29.1 Å². The van der Waals surface area contributed by atoms with Gasteiger partial charge in [-0.15, -0.1) is 0 Å². The van der Waals surface area contributed by atoms with Gasteiger partial charge in [-0.1, -0.05) is 40.2 Å². The molecule has 2 rings (SSSR count). The minimum absolute atomic E-state index is 0.159. The number of nitrogens with one attached hydrogen (secondary N) is 1. The van der Waals surface area contributed by atoms with Crippen molar-refractivity contribution in [3.8, 4) is 0 Å². The first-order valence-electron chi connectivity index (χ1n) is 5.93. The summed E-state index contributed by atoms with van der Waals surface area (Å²) in [7, 11) is 0. The maximum Gasteiger partial charge on any atom is 0.223 e. The van der Waals surface area contributed by atoms with Crippen molar-refractivity contribution >= 4 is 21.8 Å². The first-order chi connectivity index (χ1) is 8.25. The van der Waals surface area contributed by atoms with E-state index in [-0.39, 0.29) is 11.8 Å². The van der Waals surface area contributed by atoms with Crippen LogP contribution in [0.25, 0.3) is 0 Å². The zero-order chi connectivity index (χ0) is 12.1. The molecule has 0 fully saturated rings. The van der Waals surface area contributed by atoms with Crippen molar-refractivity contribution in [2.24, 2.45) is 5.92 Å². The predicted molar refractivity (Wildman–Crippen MR) is 72.5 cm³/mol. The third-order valence-corrected chi connectivity index (χ3v) is 3.49. The van der Waals surface area contributed by atoms with Crippen LogP contribution in [0, 0.1) is 5.92 Å². The average Bonchev–Trinajstić information content (AvgIpc) is 2.37. The smallest absolute Gasteiger partial charge is 0.223 e.